The van der Waals surface area contributed by atoms with Crippen molar-refractivity contribution in [2.45, 2.75) is 13.8 Å². The molecule has 1 amide bonds. The summed E-state index contributed by atoms with van der Waals surface area (Å²) in [6, 6.07) is 1.14. The summed E-state index contributed by atoms with van der Waals surface area (Å²) < 4.78 is 0. The molecule has 19 heavy (non-hydrogen) atoms. The van der Waals surface area contributed by atoms with Crippen LogP contribution in [0.5, 0.6) is 0 Å². The summed E-state index contributed by atoms with van der Waals surface area (Å²) in [6.45, 7) is 8.15. The zero-order chi connectivity index (χ0) is 14.6. The fourth-order valence-electron chi connectivity index (χ4n) is 1.51. The van der Waals surface area contributed by atoms with E-state index in [-0.39, 0.29) is 16.4 Å². The smallest absolute Gasteiger partial charge is 0.288 e. The molecule has 0 aromatic carbocycles. The second kappa shape index (κ2) is 6.29. The van der Waals surface area contributed by atoms with E-state index in [2.05, 4.69) is 11.6 Å². The number of carbonyl (C=O) groups excluding carboxylic acids is 1. The molecular formula is C12H14ClN3O3. The summed E-state index contributed by atoms with van der Waals surface area (Å²) in [5, 5.41) is 10.6. The molecular weight excluding hydrogens is 270 g/mol. The number of carbonyl (C=O) groups is 1. The van der Waals surface area contributed by atoms with Crippen LogP contribution in [0.3, 0.4) is 0 Å². The first-order valence-electron chi connectivity index (χ1n) is 5.60. The number of nitrogens with zero attached hydrogens (tertiary/aromatic N) is 3. The lowest BCUT2D eigenvalue weighted by atomic mass is 10.2. The van der Waals surface area contributed by atoms with Gasteiger partial charge in [0.25, 0.3) is 11.6 Å². The number of pyridine rings is 1. The van der Waals surface area contributed by atoms with Crippen LogP contribution in [-0.2, 0) is 0 Å². The Labute approximate surface area is 115 Å². The van der Waals surface area contributed by atoms with Gasteiger partial charge in [-0.2, -0.15) is 0 Å². The van der Waals surface area contributed by atoms with Crippen LogP contribution in [0.15, 0.2) is 24.4 Å². The Bertz CT molecular complexity index is 531. The molecule has 0 aliphatic carbocycles. The Kier molecular flexibility index (Phi) is 5.00. The van der Waals surface area contributed by atoms with Crippen LogP contribution in [0.4, 0.5) is 5.69 Å². The molecule has 0 aliphatic rings. The first kappa shape index (κ1) is 15.1. The minimum absolute atomic E-state index is 0.0268. The van der Waals surface area contributed by atoms with E-state index in [4.69, 9.17) is 11.6 Å². The minimum atomic E-state index is -0.616. The Morgan fingerprint density at radius 2 is 2.26 bits per heavy atom. The molecule has 102 valence electrons. The second-order valence-corrected chi connectivity index (χ2v) is 4.42. The van der Waals surface area contributed by atoms with Gasteiger partial charge in [0.05, 0.1) is 10.5 Å². The van der Waals surface area contributed by atoms with Gasteiger partial charge in [0.1, 0.15) is 11.3 Å². The fourth-order valence-corrected chi connectivity index (χ4v) is 1.69. The van der Waals surface area contributed by atoms with Crippen molar-refractivity contribution in [3.05, 3.63) is 45.2 Å². The number of likely N-dealkylation sites (N-methyl/N-ethyl adjacent to an activating group) is 1. The quantitative estimate of drug-likeness (QED) is 0.360. The molecule has 0 aliphatic heterocycles. The molecule has 1 heterocycles. The van der Waals surface area contributed by atoms with Gasteiger partial charge < -0.3 is 4.90 Å². The maximum absolute atomic E-state index is 12.2. The topological polar surface area (TPSA) is 76.3 Å². The molecule has 1 rings (SSSR count). The Morgan fingerprint density at radius 3 is 2.74 bits per heavy atom. The molecule has 0 bridgehead atoms. The molecule has 0 saturated heterocycles. The van der Waals surface area contributed by atoms with Crippen LogP contribution >= 0.6 is 11.6 Å². The van der Waals surface area contributed by atoms with Gasteiger partial charge in [0.15, 0.2) is 0 Å². The number of aromatic nitrogens is 1. The van der Waals surface area contributed by atoms with Gasteiger partial charge in [0.2, 0.25) is 0 Å². The predicted octanol–water partition coefficient (Wildman–Crippen LogP) is 2.68. The maximum atomic E-state index is 12.2. The molecule has 0 radical (unpaired) electrons. The third-order valence-electron chi connectivity index (χ3n) is 2.40. The second-order valence-electron chi connectivity index (χ2n) is 4.07. The van der Waals surface area contributed by atoms with Gasteiger partial charge in [-0.1, -0.05) is 23.8 Å². The van der Waals surface area contributed by atoms with Crippen molar-refractivity contribution >= 4 is 23.2 Å². The van der Waals surface area contributed by atoms with Gasteiger partial charge in [0, 0.05) is 19.2 Å². The number of hydrogen-bond acceptors (Lipinski definition) is 4. The molecule has 1 aromatic rings. The number of hydrogen-bond donors (Lipinski definition) is 0. The van der Waals surface area contributed by atoms with Crippen molar-refractivity contribution in [2.75, 3.05) is 13.1 Å². The predicted molar refractivity (Wildman–Crippen MR) is 72.3 cm³/mol. The summed E-state index contributed by atoms with van der Waals surface area (Å²) in [6.07, 6.45) is 1.02. The van der Waals surface area contributed by atoms with Crippen LogP contribution in [-0.4, -0.2) is 33.8 Å². The van der Waals surface area contributed by atoms with E-state index in [1.807, 2.05) is 0 Å². The highest BCUT2D eigenvalue weighted by Crippen LogP contribution is 2.21. The summed E-state index contributed by atoms with van der Waals surface area (Å²) in [5.41, 5.74) is 0.572. The summed E-state index contributed by atoms with van der Waals surface area (Å²) in [4.78, 5) is 27.5. The van der Waals surface area contributed by atoms with E-state index in [1.54, 1.807) is 13.8 Å². The van der Waals surface area contributed by atoms with Gasteiger partial charge in [-0.05, 0) is 13.8 Å². The molecule has 6 nitrogen and oxygen atoms in total. The monoisotopic (exact) mass is 283 g/mol. The average Bonchev–Trinajstić information content (AvgIpc) is 2.35. The van der Waals surface area contributed by atoms with Crippen molar-refractivity contribution < 1.29 is 9.72 Å². The highest BCUT2D eigenvalue weighted by molar-refractivity contribution is 6.32. The lowest BCUT2D eigenvalue weighted by Crippen LogP contribution is -2.32. The SMILES string of the molecule is C=C(C)CN(CC)C(=O)c1cc([N+](=O)[O-])cnc1Cl. The van der Waals surface area contributed by atoms with Gasteiger partial charge in [-0.3, -0.25) is 14.9 Å². The van der Waals surface area contributed by atoms with Crippen molar-refractivity contribution in [2.24, 2.45) is 0 Å². The number of nitro groups is 1. The number of halogens is 1. The van der Waals surface area contributed by atoms with E-state index in [0.717, 1.165) is 17.8 Å². The number of amides is 1. The summed E-state index contributed by atoms with van der Waals surface area (Å²) in [7, 11) is 0. The molecule has 0 atom stereocenters. The van der Waals surface area contributed by atoms with E-state index in [1.165, 1.54) is 4.90 Å². The average molecular weight is 284 g/mol. The standard InChI is InChI=1S/C12H14ClN3O3/c1-4-15(7-8(2)3)12(17)10-5-9(16(18)19)6-14-11(10)13/h5-6H,2,4,7H2,1,3H3. The van der Waals surface area contributed by atoms with Crippen LogP contribution < -0.4 is 0 Å². The Morgan fingerprint density at radius 1 is 1.63 bits per heavy atom. The van der Waals surface area contributed by atoms with Crippen LogP contribution in [0.2, 0.25) is 5.15 Å². The molecule has 0 N–H and O–H groups in total. The molecule has 7 heteroatoms. The zero-order valence-corrected chi connectivity index (χ0v) is 11.5. The molecule has 0 spiro atoms. The van der Waals surface area contributed by atoms with E-state index >= 15 is 0 Å². The van der Waals surface area contributed by atoms with Gasteiger partial charge in [-0.25, -0.2) is 4.98 Å². The summed E-state index contributed by atoms with van der Waals surface area (Å²) >= 11 is 5.83. The first-order valence-corrected chi connectivity index (χ1v) is 5.98. The van der Waals surface area contributed by atoms with Gasteiger partial charge >= 0.3 is 0 Å². The van der Waals surface area contributed by atoms with Gasteiger partial charge in [-0.15, -0.1) is 0 Å². The lowest BCUT2D eigenvalue weighted by molar-refractivity contribution is -0.385. The zero-order valence-electron chi connectivity index (χ0n) is 10.7. The third-order valence-corrected chi connectivity index (χ3v) is 2.70. The highest BCUT2D eigenvalue weighted by Gasteiger charge is 2.21. The van der Waals surface area contributed by atoms with Crippen LogP contribution in [0, 0.1) is 10.1 Å². The van der Waals surface area contributed by atoms with Crippen LogP contribution in [0.1, 0.15) is 24.2 Å². The fraction of sp³-hybridized carbons (Fsp3) is 0.333. The molecule has 0 fully saturated rings. The third kappa shape index (κ3) is 3.75. The Balaban J connectivity index is 3.13. The Hall–Kier alpha value is -1.95. The molecule has 0 saturated carbocycles. The van der Waals surface area contributed by atoms with Crippen molar-refractivity contribution in [3.63, 3.8) is 0 Å². The van der Waals surface area contributed by atoms with Crippen molar-refractivity contribution in [1.82, 2.24) is 9.88 Å². The highest BCUT2D eigenvalue weighted by atomic mass is 35.5. The van der Waals surface area contributed by atoms with E-state index in [0.29, 0.717) is 13.1 Å². The largest absolute Gasteiger partial charge is 0.335 e. The van der Waals surface area contributed by atoms with Crippen molar-refractivity contribution in [1.29, 1.82) is 0 Å². The minimum Gasteiger partial charge on any atom is -0.335 e. The molecule has 0 unspecified atom stereocenters. The van der Waals surface area contributed by atoms with Crippen molar-refractivity contribution in [3.8, 4) is 0 Å². The molecule has 1 aromatic heterocycles. The van der Waals surface area contributed by atoms with Crippen LogP contribution in [0.25, 0.3) is 0 Å². The van der Waals surface area contributed by atoms with E-state index < -0.39 is 10.8 Å². The normalized spacial score (nSPS) is 10.1. The summed E-state index contributed by atoms with van der Waals surface area (Å²) in [5.74, 6) is -0.397. The maximum Gasteiger partial charge on any atom is 0.288 e. The number of rotatable bonds is 5. The first-order chi connectivity index (χ1) is 8.86. The van der Waals surface area contributed by atoms with E-state index in [9.17, 15) is 14.9 Å². The lowest BCUT2D eigenvalue weighted by Gasteiger charge is -2.21.